The van der Waals surface area contributed by atoms with E-state index in [9.17, 15) is 9.59 Å². The van der Waals surface area contributed by atoms with Crippen molar-refractivity contribution in [2.75, 3.05) is 45.8 Å². The molecule has 1 aromatic carbocycles. The van der Waals surface area contributed by atoms with Crippen LogP contribution in [-0.2, 0) is 11.8 Å². The molecule has 0 bridgehead atoms. The number of carbonyl (C=O) groups excluding carboxylic acids is 2. The number of fused-ring (bicyclic) bond motifs is 1. The molecule has 2 aliphatic heterocycles. The number of hydrogen-bond donors (Lipinski definition) is 0. The van der Waals surface area contributed by atoms with Crippen molar-refractivity contribution < 1.29 is 9.59 Å². The van der Waals surface area contributed by atoms with E-state index in [4.69, 9.17) is 0 Å². The zero-order chi connectivity index (χ0) is 22.7. The van der Waals surface area contributed by atoms with Crippen LogP contribution in [0.15, 0.2) is 30.3 Å². The standard InChI is InChI=1S/C26H38N4O2/c1-4-13-28(14-5-2)19-24(31)30-17-12-26(20-30)10-15-29(16-11-26)25(32)23-18-21-8-6-7-9-22(21)27(23)3/h6-9,18H,4-5,10-17,19-20H2,1-3H3. The highest BCUT2D eigenvalue weighted by Gasteiger charge is 2.43. The molecule has 6 nitrogen and oxygen atoms in total. The molecule has 6 heteroatoms. The maximum Gasteiger partial charge on any atom is 0.270 e. The van der Waals surface area contributed by atoms with Crippen LogP contribution in [-0.4, -0.2) is 76.9 Å². The van der Waals surface area contributed by atoms with Gasteiger partial charge in [0.2, 0.25) is 5.91 Å². The Labute approximate surface area is 192 Å². The van der Waals surface area contributed by atoms with Crippen molar-refractivity contribution in [3.05, 3.63) is 36.0 Å². The van der Waals surface area contributed by atoms with Gasteiger partial charge in [0, 0.05) is 44.1 Å². The first kappa shape index (κ1) is 22.8. The predicted octanol–water partition coefficient (Wildman–Crippen LogP) is 3.76. The molecule has 32 heavy (non-hydrogen) atoms. The van der Waals surface area contributed by atoms with Crippen molar-refractivity contribution >= 4 is 22.7 Å². The fourth-order valence-electron chi connectivity index (χ4n) is 5.59. The van der Waals surface area contributed by atoms with E-state index in [1.54, 1.807) is 0 Å². The molecule has 174 valence electrons. The van der Waals surface area contributed by atoms with Gasteiger partial charge in [-0.25, -0.2) is 0 Å². The third-order valence-corrected chi connectivity index (χ3v) is 7.51. The summed E-state index contributed by atoms with van der Waals surface area (Å²) in [5.74, 6) is 0.400. The minimum absolute atomic E-state index is 0.124. The van der Waals surface area contributed by atoms with Crippen molar-refractivity contribution in [2.24, 2.45) is 12.5 Å². The van der Waals surface area contributed by atoms with E-state index < -0.39 is 0 Å². The average Bonchev–Trinajstić information content (AvgIpc) is 3.36. The number of likely N-dealkylation sites (tertiary alicyclic amines) is 2. The van der Waals surface area contributed by atoms with Gasteiger partial charge in [0.25, 0.3) is 5.91 Å². The maximum atomic E-state index is 13.2. The molecule has 0 saturated carbocycles. The first-order valence-corrected chi connectivity index (χ1v) is 12.3. The zero-order valence-corrected chi connectivity index (χ0v) is 20.0. The minimum atomic E-state index is 0.124. The average molecular weight is 439 g/mol. The Kier molecular flexibility index (Phi) is 6.89. The molecule has 4 rings (SSSR count). The Bertz CT molecular complexity index is 952. The largest absolute Gasteiger partial charge is 0.341 e. The van der Waals surface area contributed by atoms with Crippen molar-refractivity contribution in [3.8, 4) is 0 Å². The fraction of sp³-hybridized carbons (Fsp3) is 0.615. The summed E-state index contributed by atoms with van der Waals surface area (Å²) in [6.45, 7) is 10.1. The van der Waals surface area contributed by atoms with Crippen LogP contribution < -0.4 is 0 Å². The first-order chi connectivity index (χ1) is 15.5. The summed E-state index contributed by atoms with van der Waals surface area (Å²) in [5, 5.41) is 1.11. The van der Waals surface area contributed by atoms with Crippen LogP contribution in [0.3, 0.4) is 0 Å². The molecular weight excluding hydrogens is 400 g/mol. The van der Waals surface area contributed by atoms with Crippen molar-refractivity contribution in [2.45, 2.75) is 46.0 Å². The van der Waals surface area contributed by atoms with Gasteiger partial charge in [0.15, 0.2) is 0 Å². The maximum absolute atomic E-state index is 13.2. The minimum Gasteiger partial charge on any atom is -0.341 e. The molecule has 2 amide bonds. The second-order valence-electron chi connectivity index (χ2n) is 9.78. The third-order valence-electron chi connectivity index (χ3n) is 7.51. The van der Waals surface area contributed by atoms with Gasteiger partial charge in [-0.3, -0.25) is 14.5 Å². The number of piperidine rings is 1. The van der Waals surface area contributed by atoms with Crippen molar-refractivity contribution in [1.29, 1.82) is 0 Å². The second-order valence-corrected chi connectivity index (χ2v) is 9.78. The number of carbonyl (C=O) groups is 2. The normalized spacial score (nSPS) is 18.2. The molecule has 0 aliphatic carbocycles. The lowest BCUT2D eigenvalue weighted by molar-refractivity contribution is -0.132. The van der Waals surface area contributed by atoms with Crippen LogP contribution in [0.1, 0.15) is 56.4 Å². The molecule has 2 fully saturated rings. The molecule has 2 aliphatic rings. The number of para-hydroxylation sites is 1. The second kappa shape index (κ2) is 9.65. The summed E-state index contributed by atoms with van der Waals surface area (Å²) >= 11 is 0. The van der Waals surface area contributed by atoms with E-state index in [1.807, 2.05) is 34.7 Å². The van der Waals surface area contributed by atoms with Crippen molar-refractivity contribution in [1.82, 2.24) is 19.3 Å². The first-order valence-electron chi connectivity index (χ1n) is 12.3. The Morgan fingerprint density at radius 2 is 1.59 bits per heavy atom. The van der Waals surface area contributed by atoms with Gasteiger partial charge in [0.05, 0.1) is 6.54 Å². The van der Waals surface area contributed by atoms with Crippen LogP contribution in [0.5, 0.6) is 0 Å². The Morgan fingerprint density at radius 3 is 2.22 bits per heavy atom. The van der Waals surface area contributed by atoms with E-state index in [-0.39, 0.29) is 17.2 Å². The quantitative estimate of drug-likeness (QED) is 0.661. The van der Waals surface area contributed by atoms with Gasteiger partial charge < -0.3 is 14.4 Å². The molecule has 1 spiro atoms. The number of aromatic nitrogens is 1. The fourth-order valence-corrected chi connectivity index (χ4v) is 5.59. The lowest BCUT2D eigenvalue weighted by Crippen LogP contribution is -2.46. The highest BCUT2D eigenvalue weighted by Crippen LogP contribution is 2.40. The summed E-state index contributed by atoms with van der Waals surface area (Å²) in [7, 11) is 1.97. The van der Waals surface area contributed by atoms with Gasteiger partial charge in [-0.1, -0.05) is 32.0 Å². The van der Waals surface area contributed by atoms with Crippen molar-refractivity contribution in [3.63, 3.8) is 0 Å². The Balaban J connectivity index is 1.34. The summed E-state index contributed by atoms with van der Waals surface area (Å²) in [4.78, 5) is 32.6. The zero-order valence-electron chi connectivity index (χ0n) is 20.0. The highest BCUT2D eigenvalue weighted by molar-refractivity contribution is 5.98. The number of hydrogen-bond acceptors (Lipinski definition) is 3. The lowest BCUT2D eigenvalue weighted by atomic mass is 9.77. The smallest absolute Gasteiger partial charge is 0.270 e. The number of amides is 2. The molecule has 0 N–H and O–H groups in total. The Hall–Kier alpha value is -2.34. The molecule has 0 radical (unpaired) electrons. The van der Waals surface area contributed by atoms with Crippen LogP contribution in [0, 0.1) is 5.41 Å². The topological polar surface area (TPSA) is 48.8 Å². The molecule has 3 heterocycles. The van der Waals surface area contributed by atoms with Gasteiger partial charge in [-0.2, -0.15) is 0 Å². The number of aryl methyl sites for hydroxylation is 1. The summed E-state index contributed by atoms with van der Waals surface area (Å²) in [5.41, 5.74) is 2.04. The monoisotopic (exact) mass is 438 g/mol. The Morgan fingerprint density at radius 1 is 0.969 bits per heavy atom. The van der Waals surface area contributed by atoms with E-state index in [1.165, 1.54) is 0 Å². The van der Waals surface area contributed by atoms with Crippen LogP contribution in [0.25, 0.3) is 10.9 Å². The SMILES string of the molecule is CCCN(CCC)CC(=O)N1CCC2(CCN(C(=O)c3cc4ccccc4n3C)CC2)C1. The summed E-state index contributed by atoms with van der Waals surface area (Å²) < 4.78 is 2.01. The molecule has 1 aromatic heterocycles. The lowest BCUT2D eigenvalue weighted by Gasteiger charge is -2.39. The van der Waals surface area contributed by atoms with E-state index >= 15 is 0 Å². The van der Waals surface area contributed by atoms with E-state index in [0.717, 1.165) is 88.0 Å². The van der Waals surface area contributed by atoms with Crippen LogP contribution >= 0.6 is 0 Å². The molecule has 0 atom stereocenters. The molecule has 0 unspecified atom stereocenters. The third kappa shape index (κ3) is 4.56. The number of rotatable bonds is 7. The molecule has 2 aromatic rings. The summed E-state index contributed by atoms with van der Waals surface area (Å²) in [6.07, 6.45) is 5.20. The van der Waals surface area contributed by atoms with E-state index in [2.05, 4.69) is 35.8 Å². The van der Waals surface area contributed by atoms with Gasteiger partial charge in [0.1, 0.15) is 5.69 Å². The predicted molar refractivity (Wildman–Crippen MR) is 129 cm³/mol. The molecule has 2 saturated heterocycles. The van der Waals surface area contributed by atoms with Gasteiger partial charge in [-0.05, 0) is 62.7 Å². The van der Waals surface area contributed by atoms with Crippen LogP contribution in [0.2, 0.25) is 0 Å². The van der Waals surface area contributed by atoms with E-state index in [0.29, 0.717) is 6.54 Å². The number of benzene rings is 1. The van der Waals surface area contributed by atoms with Crippen LogP contribution in [0.4, 0.5) is 0 Å². The number of nitrogens with zero attached hydrogens (tertiary/aromatic N) is 4. The summed E-state index contributed by atoms with van der Waals surface area (Å²) in [6, 6.07) is 10.2. The van der Waals surface area contributed by atoms with Gasteiger partial charge in [-0.15, -0.1) is 0 Å². The molecular formula is C26H38N4O2. The van der Waals surface area contributed by atoms with Gasteiger partial charge >= 0.3 is 0 Å². The highest BCUT2D eigenvalue weighted by atomic mass is 16.2.